The largest absolute Gasteiger partial charge is 0.416 e. The van der Waals surface area contributed by atoms with Gasteiger partial charge in [-0.2, -0.15) is 18.3 Å². The van der Waals surface area contributed by atoms with Gasteiger partial charge in [0.05, 0.1) is 45.4 Å². The summed E-state index contributed by atoms with van der Waals surface area (Å²) in [6, 6.07) is 10.9. The van der Waals surface area contributed by atoms with Crippen LogP contribution in [0.3, 0.4) is 0 Å². The Balaban J connectivity index is 2.05. The first-order chi connectivity index (χ1) is 16.6. The maximum atomic E-state index is 13.5. The lowest BCUT2D eigenvalue weighted by Gasteiger charge is -2.19. The van der Waals surface area contributed by atoms with Crippen molar-refractivity contribution in [3.63, 3.8) is 0 Å². The predicted molar refractivity (Wildman–Crippen MR) is 128 cm³/mol. The maximum Gasteiger partial charge on any atom is 0.416 e. The molecule has 2 aromatic heterocycles. The number of hydrogen-bond donors (Lipinski definition) is 0. The fourth-order valence-corrected chi connectivity index (χ4v) is 4.31. The monoisotopic (exact) mass is 543 g/mol. The Kier molecular flexibility index (Phi) is 6.25. The summed E-state index contributed by atoms with van der Waals surface area (Å²) in [6.07, 6.45) is -3.12. The third-order valence-corrected chi connectivity index (χ3v) is 6.09. The Hall–Kier alpha value is -3.91. The average molecular weight is 544 g/mol. The van der Waals surface area contributed by atoms with Gasteiger partial charge in [0.2, 0.25) is 0 Å². The molecule has 178 valence electrons. The molecule has 2 aromatic carbocycles. The van der Waals surface area contributed by atoms with Gasteiger partial charge in [0, 0.05) is 12.2 Å². The van der Waals surface area contributed by atoms with Crippen LogP contribution in [-0.2, 0) is 12.7 Å². The SMILES string of the molecule is [C-]#[N+]c1ccc(-n2ncc(Br)c2-c2c(C)n(-c3cccc(C(F)(F)F)c3)c(=O)n(CC)c2=O)cc1. The van der Waals surface area contributed by atoms with Gasteiger partial charge in [-0.05, 0) is 60.1 Å². The van der Waals surface area contributed by atoms with Crippen molar-refractivity contribution in [3.8, 4) is 22.6 Å². The number of hydrogen-bond acceptors (Lipinski definition) is 3. The topological polar surface area (TPSA) is 66.2 Å². The zero-order chi connectivity index (χ0) is 25.5. The van der Waals surface area contributed by atoms with Gasteiger partial charge in [-0.15, -0.1) is 0 Å². The van der Waals surface area contributed by atoms with Crippen LogP contribution in [0.1, 0.15) is 18.2 Å². The van der Waals surface area contributed by atoms with E-state index in [1.165, 1.54) is 29.9 Å². The van der Waals surface area contributed by atoms with Crippen LogP contribution in [0.15, 0.2) is 68.8 Å². The fourth-order valence-electron chi connectivity index (χ4n) is 3.85. The molecule has 0 radical (unpaired) electrons. The second-order valence-electron chi connectivity index (χ2n) is 7.56. The summed E-state index contributed by atoms with van der Waals surface area (Å²) in [7, 11) is 0. The number of rotatable bonds is 4. The summed E-state index contributed by atoms with van der Waals surface area (Å²) in [5.74, 6) is 0. The number of nitrogens with zero attached hydrogens (tertiary/aromatic N) is 5. The minimum absolute atomic E-state index is 0.00929. The van der Waals surface area contributed by atoms with E-state index in [4.69, 9.17) is 6.57 Å². The molecule has 0 fully saturated rings. The van der Waals surface area contributed by atoms with Gasteiger partial charge in [0.1, 0.15) is 0 Å². The highest BCUT2D eigenvalue weighted by Crippen LogP contribution is 2.33. The lowest BCUT2D eigenvalue weighted by Crippen LogP contribution is -2.41. The van der Waals surface area contributed by atoms with Crippen molar-refractivity contribution in [1.82, 2.24) is 18.9 Å². The Bertz CT molecular complexity index is 1590. The molecular weight excluding hydrogens is 527 g/mol. The van der Waals surface area contributed by atoms with Crippen molar-refractivity contribution in [2.45, 2.75) is 26.6 Å². The van der Waals surface area contributed by atoms with Crippen molar-refractivity contribution in [1.29, 1.82) is 0 Å². The smallest absolute Gasteiger partial charge is 0.268 e. The molecule has 0 amide bonds. The molecule has 35 heavy (non-hydrogen) atoms. The second-order valence-corrected chi connectivity index (χ2v) is 8.41. The molecule has 11 heteroatoms. The van der Waals surface area contributed by atoms with Crippen LogP contribution < -0.4 is 11.2 Å². The standard InChI is InChI=1S/C24H17BrF3N5O2/c1-4-31-22(34)20(21-19(25)13-30-33(21)17-10-8-16(29-3)9-11-17)14(2)32(23(31)35)18-7-5-6-15(12-18)24(26,27)28/h5-13H,4H2,1-2H3. The summed E-state index contributed by atoms with van der Waals surface area (Å²) in [5.41, 5.74) is -0.726. The molecule has 2 heterocycles. The Morgan fingerprint density at radius 1 is 1.09 bits per heavy atom. The van der Waals surface area contributed by atoms with Crippen molar-refractivity contribution in [3.05, 3.63) is 103 Å². The Morgan fingerprint density at radius 2 is 1.77 bits per heavy atom. The Morgan fingerprint density at radius 3 is 2.37 bits per heavy atom. The van der Waals surface area contributed by atoms with Gasteiger partial charge in [-0.25, -0.2) is 14.3 Å². The number of aromatic nitrogens is 4. The lowest BCUT2D eigenvalue weighted by molar-refractivity contribution is -0.137. The third kappa shape index (κ3) is 4.21. The lowest BCUT2D eigenvalue weighted by atomic mass is 10.1. The van der Waals surface area contributed by atoms with Crippen LogP contribution >= 0.6 is 15.9 Å². The van der Waals surface area contributed by atoms with Crippen LogP contribution in [-0.4, -0.2) is 18.9 Å². The molecule has 0 unspecified atom stereocenters. The first-order valence-corrected chi connectivity index (χ1v) is 11.1. The van der Waals surface area contributed by atoms with E-state index in [0.717, 1.165) is 21.3 Å². The van der Waals surface area contributed by atoms with Gasteiger partial charge >= 0.3 is 11.9 Å². The summed E-state index contributed by atoms with van der Waals surface area (Å²) in [5, 5.41) is 4.33. The maximum absolute atomic E-state index is 13.5. The van der Waals surface area contributed by atoms with Crippen LogP contribution in [0.2, 0.25) is 0 Å². The zero-order valence-electron chi connectivity index (χ0n) is 18.5. The highest BCUT2D eigenvalue weighted by Gasteiger charge is 2.31. The van der Waals surface area contributed by atoms with Crippen molar-refractivity contribution >= 4 is 21.6 Å². The van der Waals surface area contributed by atoms with E-state index in [9.17, 15) is 22.8 Å². The Labute approximate surface area is 205 Å². The number of halogens is 4. The quantitative estimate of drug-likeness (QED) is 0.319. The molecule has 0 aliphatic rings. The van der Waals surface area contributed by atoms with Crippen molar-refractivity contribution < 1.29 is 13.2 Å². The normalized spacial score (nSPS) is 11.5. The minimum atomic E-state index is -4.60. The molecule has 4 aromatic rings. The number of benzene rings is 2. The van der Waals surface area contributed by atoms with E-state index >= 15 is 0 Å². The highest BCUT2D eigenvalue weighted by atomic mass is 79.9. The van der Waals surface area contributed by atoms with E-state index in [1.807, 2.05) is 0 Å². The third-order valence-electron chi connectivity index (χ3n) is 5.51. The van der Waals surface area contributed by atoms with Gasteiger partial charge in [-0.3, -0.25) is 13.9 Å². The molecule has 0 saturated carbocycles. The second kappa shape index (κ2) is 9.03. The fraction of sp³-hybridized carbons (Fsp3) is 0.167. The van der Waals surface area contributed by atoms with E-state index in [1.54, 1.807) is 31.2 Å². The molecule has 4 rings (SSSR count). The summed E-state index contributed by atoms with van der Waals surface area (Å²) in [6.45, 7) is 10.2. The minimum Gasteiger partial charge on any atom is -0.268 e. The highest BCUT2D eigenvalue weighted by molar-refractivity contribution is 9.10. The molecule has 0 atom stereocenters. The summed E-state index contributed by atoms with van der Waals surface area (Å²) < 4.78 is 44.1. The predicted octanol–water partition coefficient (Wildman–Crippen LogP) is 5.51. The van der Waals surface area contributed by atoms with Gasteiger partial charge in [0.25, 0.3) is 5.56 Å². The van der Waals surface area contributed by atoms with E-state index in [0.29, 0.717) is 21.5 Å². The molecule has 0 saturated heterocycles. The first kappa shape index (κ1) is 24.2. The van der Waals surface area contributed by atoms with Crippen LogP contribution in [0.25, 0.3) is 27.5 Å². The molecule has 7 nitrogen and oxygen atoms in total. The average Bonchev–Trinajstić information content (AvgIpc) is 3.20. The van der Waals surface area contributed by atoms with Crippen molar-refractivity contribution in [2.75, 3.05) is 0 Å². The van der Waals surface area contributed by atoms with Crippen LogP contribution in [0, 0.1) is 13.5 Å². The molecular formula is C24H17BrF3N5O2. The summed E-state index contributed by atoms with van der Waals surface area (Å²) in [4.78, 5) is 30.0. The molecule has 0 aliphatic heterocycles. The van der Waals surface area contributed by atoms with Gasteiger partial charge in [-0.1, -0.05) is 18.2 Å². The first-order valence-electron chi connectivity index (χ1n) is 10.3. The summed E-state index contributed by atoms with van der Waals surface area (Å²) >= 11 is 3.42. The van der Waals surface area contributed by atoms with E-state index in [2.05, 4.69) is 25.9 Å². The molecule has 0 N–H and O–H groups in total. The zero-order valence-corrected chi connectivity index (χ0v) is 20.1. The molecule has 0 bridgehead atoms. The van der Waals surface area contributed by atoms with Gasteiger partial charge < -0.3 is 0 Å². The van der Waals surface area contributed by atoms with Gasteiger partial charge in [0.15, 0.2) is 5.69 Å². The molecule has 0 aliphatic carbocycles. The molecule has 0 spiro atoms. The van der Waals surface area contributed by atoms with Crippen LogP contribution in [0.5, 0.6) is 0 Å². The van der Waals surface area contributed by atoms with E-state index in [-0.39, 0.29) is 23.5 Å². The van der Waals surface area contributed by atoms with Crippen molar-refractivity contribution in [2.24, 2.45) is 0 Å². The number of alkyl halides is 3. The van der Waals surface area contributed by atoms with Crippen LogP contribution in [0.4, 0.5) is 18.9 Å². The van der Waals surface area contributed by atoms with E-state index < -0.39 is 23.0 Å².